The number of nitriles is 1. The molecule has 1 amide bonds. The second-order valence-corrected chi connectivity index (χ2v) is 9.74. The maximum atomic E-state index is 13.0. The third kappa shape index (κ3) is 4.17. The number of rotatable bonds is 2. The highest BCUT2D eigenvalue weighted by Crippen LogP contribution is 2.39. The second kappa shape index (κ2) is 7.59. The summed E-state index contributed by atoms with van der Waals surface area (Å²) >= 11 is 0. The van der Waals surface area contributed by atoms with Gasteiger partial charge in [0.05, 0.1) is 11.1 Å². The van der Waals surface area contributed by atoms with Gasteiger partial charge in [-0.3, -0.25) is 9.59 Å². The Labute approximate surface area is 181 Å². The van der Waals surface area contributed by atoms with Crippen molar-refractivity contribution in [3.05, 3.63) is 69.0 Å². The zero-order valence-electron chi connectivity index (χ0n) is 18.7. The highest BCUT2D eigenvalue weighted by molar-refractivity contribution is 6.06. The van der Waals surface area contributed by atoms with Crippen molar-refractivity contribution in [3.8, 4) is 11.8 Å². The Hall–Kier alpha value is -3.59. The Morgan fingerprint density at radius 1 is 1.06 bits per heavy atom. The number of fused-ring (bicyclic) bond motifs is 1. The highest BCUT2D eigenvalue weighted by atomic mass is 16.3. The summed E-state index contributed by atoms with van der Waals surface area (Å²) < 4.78 is 0. The van der Waals surface area contributed by atoms with E-state index < -0.39 is 11.3 Å². The van der Waals surface area contributed by atoms with Crippen molar-refractivity contribution in [1.29, 1.82) is 5.26 Å². The number of H-pyrrole nitrogens is 1. The molecule has 3 rings (SSSR count). The number of aromatic amines is 1. The zero-order valence-corrected chi connectivity index (χ0v) is 18.7. The molecule has 1 aromatic heterocycles. The Bertz CT molecular complexity index is 1280. The molecule has 0 spiro atoms. The van der Waals surface area contributed by atoms with Gasteiger partial charge in [-0.2, -0.15) is 5.26 Å². The topological polar surface area (TPSA) is 106 Å². The summed E-state index contributed by atoms with van der Waals surface area (Å²) in [5, 5.41) is 22.9. The number of pyridine rings is 1. The van der Waals surface area contributed by atoms with Crippen LogP contribution in [0.1, 0.15) is 68.6 Å². The molecular weight excluding hydrogens is 390 g/mol. The normalized spacial score (nSPS) is 11.9. The second-order valence-electron chi connectivity index (χ2n) is 9.74. The number of hydrogen-bond donors (Lipinski definition) is 3. The van der Waals surface area contributed by atoms with Gasteiger partial charge in [-0.15, -0.1) is 0 Å². The van der Waals surface area contributed by atoms with Crippen molar-refractivity contribution in [2.24, 2.45) is 0 Å². The van der Waals surface area contributed by atoms with Crippen LogP contribution in [0.25, 0.3) is 10.9 Å². The predicted molar refractivity (Wildman–Crippen MR) is 123 cm³/mol. The maximum Gasteiger partial charge on any atom is 0.261 e. The van der Waals surface area contributed by atoms with Crippen molar-refractivity contribution >= 4 is 22.5 Å². The molecule has 31 heavy (non-hydrogen) atoms. The molecule has 160 valence electrons. The summed E-state index contributed by atoms with van der Waals surface area (Å²) in [5.41, 5.74) is 1.70. The Morgan fingerprint density at radius 3 is 2.29 bits per heavy atom. The van der Waals surface area contributed by atoms with E-state index in [1.165, 1.54) is 6.20 Å². The summed E-state index contributed by atoms with van der Waals surface area (Å²) in [6.07, 6.45) is 1.32. The third-order valence-corrected chi connectivity index (χ3v) is 5.28. The number of benzene rings is 2. The Balaban J connectivity index is 2.10. The molecule has 0 saturated heterocycles. The molecule has 0 unspecified atom stereocenters. The fraction of sp³-hybridized carbons (Fsp3) is 0.320. The van der Waals surface area contributed by atoms with E-state index in [1.54, 1.807) is 24.3 Å². The molecule has 0 fully saturated rings. The largest absolute Gasteiger partial charge is 0.508 e. The van der Waals surface area contributed by atoms with Gasteiger partial charge in [0, 0.05) is 23.3 Å². The SMILES string of the molecule is CC(C)(C)c1cc(C(C)(C)C)c(NC(=O)c2c[nH]c3c(C#N)cccc3c2=O)cc1O. The number of carbonyl (C=O) groups excluding carboxylic acids is 1. The summed E-state index contributed by atoms with van der Waals surface area (Å²) in [7, 11) is 0. The fourth-order valence-electron chi connectivity index (χ4n) is 3.62. The van der Waals surface area contributed by atoms with Crippen molar-refractivity contribution in [3.63, 3.8) is 0 Å². The number of carbonyl (C=O) groups is 1. The van der Waals surface area contributed by atoms with E-state index >= 15 is 0 Å². The average Bonchev–Trinajstić information content (AvgIpc) is 2.65. The number of nitrogens with one attached hydrogen (secondary N) is 2. The van der Waals surface area contributed by atoms with Gasteiger partial charge in [-0.25, -0.2) is 0 Å². The van der Waals surface area contributed by atoms with Crippen LogP contribution in [0.2, 0.25) is 0 Å². The summed E-state index contributed by atoms with van der Waals surface area (Å²) in [5.74, 6) is -0.499. The van der Waals surface area contributed by atoms with Crippen molar-refractivity contribution < 1.29 is 9.90 Å². The molecule has 0 bridgehead atoms. The van der Waals surface area contributed by atoms with Gasteiger partial charge in [0.2, 0.25) is 5.43 Å². The van der Waals surface area contributed by atoms with Crippen LogP contribution in [0.15, 0.2) is 41.3 Å². The number of hydrogen-bond acceptors (Lipinski definition) is 4. The zero-order chi connectivity index (χ0) is 23.1. The molecule has 6 heteroatoms. The lowest BCUT2D eigenvalue weighted by Crippen LogP contribution is -2.25. The van der Waals surface area contributed by atoms with Gasteiger partial charge in [0.1, 0.15) is 17.4 Å². The monoisotopic (exact) mass is 417 g/mol. The minimum Gasteiger partial charge on any atom is -0.508 e. The van der Waals surface area contributed by atoms with Gasteiger partial charge in [0.15, 0.2) is 0 Å². The lowest BCUT2D eigenvalue weighted by molar-refractivity contribution is 0.102. The molecule has 1 heterocycles. The minimum absolute atomic E-state index is 0.0677. The number of phenolic OH excluding ortho intramolecular Hbond substituents is 1. The first kappa shape index (κ1) is 22.1. The van der Waals surface area contributed by atoms with Gasteiger partial charge < -0.3 is 15.4 Å². The van der Waals surface area contributed by atoms with E-state index in [1.807, 2.05) is 53.7 Å². The van der Waals surface area contributed by atoms with Crippen LogP contribution in [0.3, 0.4) is 0 Å². The van der Waals surface area contributed by atoms with Crippen molar-refractivity contribution in [2.75, 3.05) is 5.32 Å². The number of para-hydroxylation sites is 1. The summed E-state index contributed by atoms with van der Waals surface area (Å²) in [6, 6.07) is 10.3. The molecule has 3 N–H and O–H groups in total. The molecule has 0 radical (unpaired) electrons. The lowest BCUT2D eigenvalue weighted by atomic mass is 9.79. The van der Waals surface area contributed by atoms with Gasteiger partial charge in [0.25, 0.3) is 5.91 Å². The Morgan fingerprint density at radius 2 is 1.71 bits per heavy atom. The van der Waals surface area contributed by atoms with E-state index in [9.17, 15) is 20.0 Å². The third-order valence-electron chi connectivity index (χ3n) is 5.28. The maximum absolute atomic E-state index is 13.0. The molecular formula is C25H27N3O3. The summed E-state index contributed by atoms with van der Waals surface area (Å²) in [4.78, 5) is 28.8. The fourth-order valence-corrected chi connectivity index (χ4v) is 3.62. The van der Waals surface area contributed by atoms with E-state index in [-0.39, 0.29) is 27.5 Å². The van der Waals surface area contributed by atoms with E-state index in [0.717, 1.165) is 11.1 Å². The smallest absolute Gasteiger partial charge is 0.261 e. The van der Waals surface area contributed by atoms with Crippen LogP contribution in [0.4, 0.5) is 5.69 Å². The van der Waals surface area contributed by atoms with Crippen LogP contribution in [-0.4, -0.2) is 16.0 Å². The Kier molecular flexibility index (Phi) is 5.41. The minimum atomic E-state index is -0.584. The molecule has 0 aliphatic heterocycles. The first-order chi connectivity index (χ1) is 14.3. The number of anilines is 1. The molecule has 0 atom stereocenters. The first-order valence-electron chi connectivity index (χ1n) is 10.1. The van der Waals surface area contributed by atoms with E-state index in [4.69, 9.17) is 0 Å². The van der Waals surface area contributed by atoms with Crippen LogP contribution >= 0.6 is 0 Å². The van der Waals surface area contributed by atoms with Gasteiger partial charge >= 0.3 is 0 Å². The van der Waals surface area contributed by atoms with Gasteiger partial charge in [-0.05, 0) is 40.2 Å². The van der Waals surface area contributed by atoms with Gasteiger partial charge in [-0.1, -0.05) is 47.6 Å². The van der Waals surface area contributed by atoms with E-state index in [2.05, 4.69) is 10.3 Å². The molecule has 0 saturated carbocycles. The quantitative estimate of drug-likeness (QED) is 0.548. The molecule has 0 aliphatic carbocycles. The predicted octanol–water partition coefficient (Wildman–Crippen LogP) is 4.95. The number of phenols is 1. The lowest BCUT2D eigenvalue weighted by Gasteiger charge is -2.28. The van der Waals surface area contributed by atoms with Crippen LogP contribution < -0.4 is 10.7 Å². The number of aromatic nitrogens is 1. The molecule has 6 nitrogen and oxygen atoms in total. The summed E-state index contributed by atoms with van der Waals surface area (Å²) in [6.45, 7) is 12.1. The number of amides is 1. The van der Waals surface area contributed by atoms with Crippen molar-refractivity contribution in [2.45, 2.75) is 52.4 Å². The van der Waals surface area contributed by atoms with Crippen LogP contribution in [-0.2, 0) is 10.8 Å². The first-order valence-corrected chi connectivity index (χ1v) is 10.1. The highest BCUT2D eigenvalue weighted by Gasteiger charge is 2.26. The standard InChI is InChI=1S/C25H27N3O3/c1-24(2,3)17-10-18(25(4,5)6)20(29)11-19(17)28-23(31)16-13-27-21-14(12-26)8-7-9-15(21)22(16)30/h7-11,13,29H,1-6H3,(H,27,30)(H,28,31). The van der Waals surface area contributed by atoms with E-state index in [0.29, 0.717) is 16.8 Å². The number of aromatic hydroxyl groups is 1. The molecule has 0 aliphatic rings. The van der Waals surface area contributed by atoms with Crippen LogP contribution in [0.5, 0.6) is 5.75 Å². The molecule has 2 aromatic carbocycles. The van der Waals surface area contributed by atoms with Crippen LogP contribution in [0, 0.1) is 11.3 Å². The number of nitrogens with zero attached hydrogens (tertiary/aromatic N) is 1. The average molecular weight is 418 g/mol. The molecule has 3 aromatic rings. The van der Waals surface area contributed by atoms with Crippen molar-refractivity contribution in [1.82, 2.24) is 4.98 Å².